The summed E-state index contributed by atoms with van der Waals surface area (Å²) in [6.45, 7) is 4.72. The highest BCUT2D eigenvalue weighted by atomic mass is 79.9. The number of rotatable bonds is 3. The highest BCUT2D eigenvalue weighted by molar-refractivity contribution is 9.10. The number of hydrogen-bond donors (Lipinski definition) is 0. The van der Waals surface area contributed by atoms with Gasteiger partial charge in [0.05, 0.1) is 17.8 Å². The van der Waals surface area contributed by atoms with Crippen molar-refractivity contribution in [2.24, 2.45) is 11.8 Å². The first-order valence-electron chi connectivity index (χ1n) is 7.80. The second kappa shape index (κ2) is 5.39. The van der Waals surface area contributed by atoms with E-state index in [-0.39, 0.29) is 0 Å². The maximum atomic E-state index is 5.25. The van der Waals surface area contributed by atoms with Crippen LogP contribution in [0.4, 0.5) is 5.95 Å². The zero-order valence-electron chi connectivity index (χ0n) is 12.3. The molecule has 0 spiro atoms. The number of anilines is 1. The molecule has 3 heterocycles. The molecule has 2 aliphatic heterocycles. The van der Waals surface area contributed by atoms with Crippen LogP contribution in [0.1, 0.15) is 19.3 Å². The third-order valence-electron chi connectivity index (χ3n) is 5.31. The molecular weight excluding hydrogens is 332 g/mol. The number of likely N-dealkylation sites (tertiary alicyclic amines) is 1. The minimum Gasteiger partial charge on any atom is -0.480 e. The van der Waals surface area contributed by atoms with Crippen LogP contribution < -0.4 is 9.64 Å². The zero-order chi connectivity index (χ0) is 14.4. The standard InChI is InChI=1S/C15H21BrN4O/c1-21-14-13(16)5-17-15(18-14)20-8-12(9-20)19-6-10-3-2-4-11(10)7-19/h5,10-12H,2-4,6-9H2,1H3. The molecule has 1 aromatic heterocycles. The Bertz CT molecular complexity index is 522. The molecule has 3 aliphatic rings. The summed E-state index contributed by atoms with van der Waals surface area (Å²) in [5.74, 6) is 3.34. The predicted molar refractivity (Wildman–Crippen MR) is 84.7 cm³/mol. The molecule has 5 nitrogen and oxygen atoms in total. The molecule has 3 fully saturated rings. The highest BCUT2D eigenvalue weighted by Gasteiger charge is 2.42. The fourth-order valence-corrected chi connectivity index (χ4v) is 4.41. The van der Waals surface area contributed by atoms with E-state index >= 15 is 0 Å². The Kier molecular flexibility index (Phi) is 3.53. The molecule has 21 heavy (non-hydrogen) atoms. The lowest BCUT2D eigenvalue weighted by molar-refractivity contribution is 0.189. The van der Waals surface area contributed by atoms with Crippen LogP contribution in [0.2, 0.25) is 0 Å². The molecule has 0 amide bonds. The van der Waals surface area contributed by atoms with Crippen molar-refractivity contribution in [2.45, 2.75) is 25.3 Å². The zero-order valence-corrected chi connectivity index (χ0v) is 13.9. The molecule has 0 radical (unpaired) electrons. The third kappa shape index (κ3) is 2.42. The molecule has 0 N–H and O–H groups in total. The van der Waals surface area contributed by atoms with Gasteiger partial charge in [-0.25, -0.2) is 4.98 Å². The number of fused-ring (bicyclic) bond motifs is 1. The Morgan fingerprint density at radius 2 is 1.90 bits per heavy atom. The molecule has 1 aromatic rings. The van der Waals surface area contributed by atoms with E-state index in [0.717, 1.165) is 35.3 Å². The average molecular weight is 353 g/mol. The van der Waals surface area contributed by atoms with Gasteiger partial charge in [0.15, 0.2) is 0 Å². The Morgan fingerprint density at radius 3 is 2.57 bits per heavy atom. The van der Waals surface area contributed by atoms with Crippen LogP contribution in [0.5, 0.6) is 5.88 Å². The first-order chi connectivity index (χ1) is 10.2. The van der Waals surface area contributed by atoms with Crippen molar-refractivity contribution in [3.05, 3.63) is 10.7 Å². The minimum atomic E-state index is 0.610. The Hall–Kier alpha value is -0.880. The maximum absolute atomic E-state index is 5.25. The van der Waals surface area contributed by atoms with E-state index in [1.54, 1.807) is 13.3 Å². The third-order valence-corrected chi connectivity index (χ3v) is 5.85. The largest absolute Gasteiger partial charge is 0.480 e. The lowest BCUT2D eigenvalue weighted by Gasteiger charge is -2.44. The minimum absolute atomic E-state index is 0.610. The molecule has 2 saturated heterocycles. The molecule has 0 aromatic carbocycles. The summed E-state index contributed by atoms with van der Waals surface area (Å²) in [6.07, 6.45) is 6.12. The Labute approximate surface area is 133 Å². The van der Waals surface area contributed by atoms with Gasteiger partial charge in [-0.1, -0.05) is 6.42 Å². The summed E-state index contributed by atoms with van der Waals surface area (Å²) in [6, 6.07) is 0.689. The summed E-state index contributed by atoms with van der Waals surface area (Å²) in [7, 11) is 1.64. The molecule has 2 unspecified atom stereocenters. The SMILES string of the molecule is COc1nc(N2CC(N3CC4CCCC4C3)C2)ncc1Br. The maximum Gasteiger partial charge on any atom is 0.232 e. The van der Waals surface area contributed by atoms with Gasteiger partial charge in [0, 0.05) is 32.2 Å². The normalized spacial score (nSPS) is 29.5. The van der Waals surface area contributed by atoms with Crippen LogP contribution in [-0.4, -0.2) is 54.2 Å². The van der Waals surface area contributed by atoms with E-state index in [1.807, 2.05) is 0 Å². The van der Waals surface area contributed by atoms with Crippen LogP contribution in [0.25, 0.3) is 0 Å². The number of ether oxygens (including phenoxy) is 1. The molecule has 1 aliphatic carbocycles. The molecule has 2 atom stereocenters. The van der Waals surface area contributed by atoms with Crippen molar-refractivity contribution in [3.63, 3.8) is 0 Å². The quantitative estimate of drug-likeness (QED) is 0.833. The monoisotopic (exact) mass is 352 g/mol. The molecular formula is C15H21BrN4O. The predicted octanol–water partition coefficient (Wildman–Crippen LogP) is 2.17. The van der Waals surface area contributed by atoms with Gasteiger partial charge >= 0.3 is 0 Å². The van der Waals surface area contributed by atoms with Crippen molar-refractivity contribution < 1.29 is 4.74 Å². The number of hydrogen-bond acceptors (Lipinski definition) is 5. The van der Waals surface area contributed by atoms with Crippen molar-refractivity contribution in [3.8, 4) is 5.88 Å². The van der Waals surface area contributed by atoms with Crippen LogP contribution in [-0.2, 0) is 0 Å². The van der Waals surface area contributed by atoms with Crippen LogP contribution in [0.15, 0.2) is 10.7 Å². The number of aromatic nitrogens is 2. The summed E-state index contributed by atoms with van der Waals surface area (Å²) >= 11 is 3.40. The first kappa shape index (κ1) is 13.8. The van der Waals surface area contributed by atoms with Gasteiger partial charge in [0.25, 0.3) is 0 Å². The number of methoxy groups -OCH3 is 1. The fourth-order valence-electron chi connectivity index (χ4n) is 4.06. The van der Waals surface area contributed by atoms with E-state index in [4.69, 9.17) is 4.74 Å². The molecule has 114 valence electrons. The average Bonchev–Trinajstić information content (AvgIpc) is 3.00. The van der Waals surface area contributed by atoms with Crippen LogP contribution in [0.3, 0.4) is 0 Å². The van der Waals surface area contributed by atoms with E-state index in [0.29, 0.717) is 11.9 Å². The summed E-state index contributed by atoms with van der Waals surface area (Å²) in [4.78, 5) is 13.8. The van der Waals surface area contributed by atoms with Crippen molar-refractivity contribution in [1.29, 1.82) is 0 Å². The van der Waals surface area contributed by atoms with Crippen molar-refractivity contribution in [2.75, 3.05) is 38.2 Å². The van der Waals surface area contributed by atoms with E-state index < -0.39 is 0 Å². The van der Waals surface area contributed by atoms with Gasteiger partial charge in [-0.15, -0.1) is 0 Å². The van der Waals surface area contributed by atoms with Crippen LogP contribution in [0, 0.1) is 11.8 Å². The van der Waals surface area contributed by atoms with E-state index in [2.05, 4.69) is 35.7 Å². The second-order valence-corrected chi connectivity index (χ2v) is 7.35. The van der Waals surface area contributed by atoms with Gasteiger partial charge in [-0.05, 0) is 40.6 Å². The number of halogens is 1. The van der Waals surface area contributed by atoms with Gasteiger partial charge in [-0.2, -0.15) is 4.98 Å². The molecule has 0 bridgehead atoms. The van der Waals surface area contributed by atoms with Gasteiger partial charge in [0.2, 0.25) is 11.8 Å². The van der Waals surface area contributed by atoms with Crippen molar-refractivity contribution >= 4 is 21.9 Å². The highest BCUT2D eigenvalue weighted by Crippen LogP contribution is 2.39. The van der Waals surface area contributed by atoms with Gasteiger partial charge in [-0.3, -0.25) is 4.90 Å². The fraction of sp³-hybridized carbons (Fsp3) is 0.733. The topological polar surface area (TPSA) is 41.5 Å². The lowest BCUT2D eigenvalue weighted by Crippen LogP contribution is -2.59. The summed E-state index contributed by atoms with van der Waals surface area (Å²) in [5, 5.41) is 0. The lowest BCUT2D eigenvalue weighted by atomic mass is 10.0. The van der Waals surface area contributed by atoms with E-state index in [9.17, 15) is 0 Å². The second-order valence-electron chi connectivity index (χ2n) is 6.49. The smallest absolute Gasteiger partial charge is 0.232 e. The summed E-state index contributed by atoms with van der Waals surface area (Å²) in [5.41, 5.74) is 0. The molecule has 1 saturated carbocycles. The van der Waals surface area contributed by atoms with Crippen LogP contribution >= 0.6 is 15.9 Å². The van der Waals surface area contributed by atoms with E-state index in [1.165, 1.54) is 32.4 Å². The Balaban J connectivity index is 1.37. The Morgan fingerprint density at radius 1 is 1.19 bits per heavy atom. The summed E-state index contributed by atoms with van der Waals surface area (Å²) < 4.78 is 6.05. The van der Waals surface area contributed by atoms with Crippen molar-refractivity contribution in [1.82, 2.24) is 14.9 Å². The number of nitrogens with zero attached hydrogens (tertiary/aromatic N) is 4. The first-order valence-corrected chi connectivity index (χ1v) is 8.59. The van der Waals surface area contributed by atoms with Gasteiger partial charge in [0.1, 0.15) is 0 Å². The molecule has 4 rings (SSSR count). The van der Waals surface area contributed by atoms with Gasteiger partial charge < -0.3 is 9.64 Å². The molecule has 6 heteroatoms.